The first-order chi connectivity index (χ1) is 8.16. The van der Waals surface area contributed by atoms with Crippen LogP contribution >= 0.6 is 0 Å². The van der Waals surface area contributed by atoms with Crippen LogP contribution in [0.5, 0.6) is 5.75 Å². The van der Waals surface area contributed by atoms with Gasteiger partial charge in [0.1, 0.15) is 5.75 Å². The van der Waals surface area contributed by atoms with Crippen LogP contribution in [-0.2, 0) is 0 Å². The fourth-order valence-corrected chi connectivity index (χ4v) is 1.91. The molecule has 0 spiro atoms. The van der Waals surface area contributed by atoms with Crippen molar-refractivity contribution >= 4 is 5.91 Å². The molecule has 0 aromatic heterocycles. The maximum absolute atomic E-state index is 12.0. The van der Waals surface area contributed by atoms with Crippen LogP contribution in [0.15, 0.2) is 24.3 Å². The third-order valence-electron chi connectivity index (χ3n) is 2.70. The van der Waals surface area contributed by atoms with E-state index in [1.807, 2.05) is 0 Å². The summed E-state index contributed by atoms with van der Waals surface area (Å²) in [5, 5.41) is 0. The summed E-state index contributed by atoms with van der Waals surface area (Å²) in [6.07, 6.45) is 2.00. The first-order valence-corrected chi connectivity index (χ1v) is 5.51. The summed E-state index contributed by atoms with van der Waals surface area (Å²) in [6.45, 7) is -1.40. The smallest absolute Gasteiger partial charge is 0.387 e. The topological polar surface area (TPSA) is 29.5 Å². The van der Waals surface area contributed by atoms with Gasteiger partial charge in [0.05, 0.1) is 0 Å². The van der Waals surface area contributed by atoms with Gasteiger partial charge < -0.3 is 9.64 Å². The van der Waals surface area contributed by atoms with Crippen molar-refractivity contribution < 1.29 is 18.3 Å². The van der Waals surface area contributed by atoms with E-state index in [-0.39, 0.29) is 11.7 Å². The minimum atomic E-state index is -2.87. The Kier molecular flexibility index (Phi) is 3.56. The zero-order valence-electron chi connectivity index (χ0n) is 9.23. The monoisotopic (exact) mass is 241 g/mol. The molecule has 5 heteroatoms. The molecule has 1 aromatic carbocycles. The van der Waals surface area contributed by atoms with Crippen LogP contribution in [0, 0.1) is 0 Å². The molecule has 1 aromatic rings. The molecule has 0 aliphatic carbocycles. The Bertz CT molecular complexity index is 403. The molecule has 2 rings (SSSR count). The molecule has 1 amide bonds. The summed E-state index contributed by atoms with van der Waals surface area (Å²) in [7, 11) is 0. The van der Waals surface area contributed by atoms with Gasteiger partial charge in [-0.2, -0.15) is 8.78 Å². The number of rotatable bonds is 3. The van der Waals surface area contributed by atoms with E-state index in [0.717, 1.165) is 25.9 Å². The van der Waals surface area contributed by atoms with Gasteiger partial charge in [-0.25, -0.2) is 0 Å². The molecule has 0 radical (unpaired) electrons. The van der Waals surface area contributed by atoms with Crippen LogP contribution < -0.4 is 4.74 Å². The Morgan fingerprint density at radius 2 is 2.00 bits per heavy atom. The standard InChI is InChI=1S/C12H13F2NO2/c13-12(14)17-10-5-3-4-9(8-10)11(16)15-6-1-2-7-15/h3-5,8,12H,1-2,6-7H2. The summed E-state index contributed by atoms with van der Waals surface area (Å²) in [5.74, 6) is -0.104. The number of benzene rings is 1. The zero-order valence-corrected chi connectivity index (χ0v) is 9.23. The molecule has 0 unspecified atom stereocenters. The minimum Gasteiger partial charge on any atom is -0.435 e. The summed E-state index contributed by atoms with van der Waals surface area (Å²) in [5.41, 5.74) is 0.394. The van der Waals surface area contributed by atoms with E-state index in [1.165, 1.54) is 12.1 Å². The molecular weight excluding hydrogens is 228 g/mol. The molecule has 3 nitrogen and oxygen atoms in total. The van der Waals surface area contributed by atoms with Gasteiger partial charge in [-0.1, -0.05) is 6.07 Å². The summed E-state index contributed by atoms with van der Waals surface area (Å²) >= 11 is 0. The molecule has 0 atom stereocenters. The lowest BCUT2D eigenvalue weighted by atomic mass is 10.2. The Hall–Kier alpha value is -1.65. The molecule has 1 heterocycles. The molecule has 92 valence electrons. The third-order valence-corrected chi connectivity index (χ3v) is 2.70. The first-order valence-electron chi connectivity index (χ1n) is 5.51. The summed E-state index contributed by atoms with van der Waals surface area (Å²) in [4.78, 5) is 13.7. The van der Waals surface area contributed by atoms with Gasteiger partial charge in [-0.3, -0.25) is 4.79 Å². The van der Waals surface area contributed by atoms with Crippen molar-refractivity contribution in [2.75, 3.05) is 13.1 Å². The molecule has 17 heavy (non-hydrogen) atoms. The van der Waals surface area contributed by atoms with Gasteiger partial charge >= 0.3 is 6.61 Å². The molecule has 0 saturated carbocycles. The Balaban J connectivity index is 2.12. The van der Waals surface area contributed by atoms with Crippen LogP contribution in [0.1, 0.15) is 23.2 Å². The molecule has 0 bridgehead atoms. The highest BCUT2D eigenvalue weighted by Gasteiger charge is 2.19. The highest BCUT2D eigenvalue weighted by Crippen LogP contribution is 2.19. The molecule has 1 saturated heterocycles. The number of ether oxygens (including phenoxy) is 1. The van der Waals surface area contributed by atoms with Crippen molar-refractivity contribution in [3.05, 3.63) is 29.8 Å². The molecule has 0 N–H and O–H groups in total. The van der Waals surface area contributed by atoms with Crippen molar-refractivity contribution in [2.45, 2.75) is 19.5 Å². The van der Waals surface area contributed by atoms with Crippen molar-refractivity contribution in [3.63, 3.8) is 0 Å². The van der Waals surface area contributed by atoms with Crippen LogP contribution in [-0.4, -0.2) is 30.5 Å². The fraction of sp³-hybridized carbons (Fsp3) is 0.417. The maximum Gasteiger partial charge on any atom is 0.387 e. The van der Waals surface area contributed by atoms with E-state index in [1.54, 1.807) is 17.0 Å². The second kappa shape index (κ2) is 5.12. The second-order valence-corrected chi connectivity index (χ2v) is 3.91. The minimum absolute atomic E-state index is 0.0186. The average Bonchev–Trinajstić information content (AvgIpc) is 2.81. The average molecular weight is 241 g/mol. The van der Waals surface area contributed by atoms with E-state index in [0.29, 0.717) is 5.56 Å². The third kappa shape index (κ3) is 2.93. The molecule has 1 aliphatic heterocycles. The quantitative estimate of drug-likeness (QED) is 0.813. The Labute approximate surface area is 98.0 Å². The number of alkyl halides is 2. The van der Waals surface area contributed by atoms with E-state index >= 15 is 0 Å². The lowest BCUT2D eigenvalue weighted by molar-refractivity contribution is -0.0499. The number of hydrogen-bond donors (Lipinski definition) is 0. The van der Waals surface area contributed by atoms with Crippen molar-refractivity contribution in [1.82, 2.24) is 4.90 Å². The van der Waals surface area contributed by atoms with Crippen molar-refractivity contribution in [3.8, 4) is 5.75 Å². The normalized spacial score (nSPS) is 15.4. The lowest BCUT2D eigenvalue weighted by Gasteiger charge is -2.15. The molecular formula is C12H13F2NO2. The first kappa shape index (κ1) is 11.8. The summed E-state index contributed by atoms with van der Waals surface area (Å²) < 4.78 is 28.3. The fourth-order valence-electron chi connectivity index (χ4n) is 1.91. The largest absolute Gasteiger partial charge is 0.435 e. The molecule has 1 fully saturated rings. The van der Waals surface area contributed by atoms with Gasteiger partial charge in [-0.15, -0.1) is 0 Å². The highest BCUT2D eigenvalue weighted by molar-refractivity contribution is 5.94. The number of likely N-dealkylation sites (tertiary alicyclic amines) is 1. The number of carbonyl (C=O) groups excluding carboxylic acids is 1. The maximum atomic E-state index is 12.0. The molecule has 1 aliphatic rings. The van der Waals surface area contributed by atoms with E-state index in [9.17, 15) is 13.6 Å². The predicted molar refractivity (Wildman–Crippen MR) is 58.2 cm³/mol. The van der Waals surface area contributed by atoms with Gasteiger partial charge in [0, 0.05) is 18.7 Å². The van der Waals surface area contributed by atoms with Gasteiger partial charge in [0.25, 0.3) is 5.91 Å². The van der Waals surface area contributed by atoms with Crippen LogP contribution in [0.3, 0.4) is 0 Å². The van der Waals surface area contributed by atoms with Crippen LogP contribution in [0.4, 0.5) is 8.78 Å². The second-order valence-electron chi connectivity index (χ2n) is 3.91. The Morgan fingerprint density at radius 1 is 1.29 bits per heavy atom. The van der Waals surface area contributed by atoms with Gasteiger partial charge in [0.2, 0.25) is 0 Å². The summed E-state index contributed by atoms with van der Waals surface area (Å²) in [6, 6.07) is 5.92. The van der Waals surface area contributed by atoms with E-state index in [2.05, 4.69) is 4.74 Å². The highest BCUT2D eigenvalue weighted by atomic mass is 19.3. The van der Waals surface area contributed by atoms with E-state index < -0.39 is 6.61 Å². The number of hydrogen-bond acceptors (Lipinski definition) is 2. The number of amides is 1. The predicted octanol–water partition coefficient (Wildman–Crippen LogP) is 2.52. The zero-order chi connectivity index (χ0) is 12.3. The number of halogens is 2. The van der Waals surface area contributed by atoms with Crippen LogP contribution in [0.2, 0.25) is 0 Å². The van der Waals surface area contributed by atoms with E-state index in [4.69, 9.17) is 0 Å². The van der Waals surface area contributed by atoms with Crippen LogP contribution in [0.25, 0.3) is 0 Å². The number of carbonyl (C=O) groups is 1. The lowest BCUT2D eigenvalue weighted by Crippen LogP contribution is -2.27. The number of nitrogens with zero attached hydrogens (tertiary/aromatic N) is 1. The van der Waals surface area contributed by atoms with Gasteiger partial charge in [0.15, 0.2) is 0 Å². The van der Waals surface area contributed by atoms with Gasteiger partial charge in [-0.05, 0) is 31.0 Å². The SMILES string of the molecule is O=C(c1cccc(OC(F)F)c1)N1CCCC1. The Morgan fingerprint density at radius 3 is 2.65 bits per heavy atom. The van der Waals surface area contributed by atoms with Crippen molar-refractivity contribution in [1.29, 1.82) is 0 Å². The van der Waals surface area contributed by atoms with Crippen molar-refractivity contribution in [2.24, 2.45) is 0 Å².